The van der Waals surface area contributed by atoms with Gasteiger partial charge in [-0.15, -0.1) is 0 Å². The first kappa shape index (κ1) is 22.1. The van der Waals surface area contributed by atoms with Crippen LogP contribution in [0.5, 0.6) is 11.5 Å². The van der Waals surface area contributed by atoms with Gasteiger partial charge in [0.25, 0.3) is 5.91 Å². The van der Waals surface area contributed by atoms with Gasteiger partial charge in [0.05, 0.1) is 11.4 Å². The highest BCUT2D eigenvalue weighted by molar-refractivity contribution is 8.26. The lowest BCUT2D eigenvalue weighted by Gasteiger charge is -2.14. The van der Waals surface area contributed by atoms with Gasteiger partial charge in [-0.25, -0.2) is 0 Å². The summed E-state index contributed by atoms with van der Waals surface area (Å²) in [6.07, 6.45) is 1.86. The van der Waals surface area contributed by atoms with Crippen molar-refractivity contribution in [3.8, 4) is 11.5 Å². The van der Waals surface area contributed by atoms with Gasteiger partial charge in [0.15, 0.2) is 0 Å². The molecule has 162 valence electrons. The van der Waals surface area contributed by atoms with E-state index in [9.17, 15) is 4.79 Å². The van der Waals surface area contributed by atoms with E-state index >= 15 is 0 Å². The van der Waals surface area contributed by atoms with Crippen molar-refractivity contribution in [3.05, 3.63) is 100 Å². The van der Waals surface area contributed by atoms with Crippen LogP contribution in [0.25, 0.3) is 6.08 Å². The molecular weight excluding hydrogens is 438 g/mol. The summed E-state index contributed by atoms with van der Waals surface area (Å²) in [7, 11) is 0. The van der Waals surface area contributed by atoms with Crippen molar-refractivity contribution in [2.75, 3.05) is 13.2 Å². The van der Waals surface area contributed by atoms with E-state index in [0.29, 0.717) is 29.0 Å². The predicted molar refractivity (Wildman–Crippen MR) is 134 cm³/mol. The largest absolute Gasteiger partial charge is 0.490 e. The second-order valence-electron chi connectivity index (χ2n) is 7.34. The van der Waals surface area contributed by atoms with E-state index in [0.717, 1.165) is 22.6 Å². The highest BCUT2D eigenvalue weighted by atomic mass is 32.2. The molecule has 0 atom stereocenters. The Labute approximate surface area is 197 Å². The lowest BCUT2D eigenvalue weighted by molar-refractivity contribution is -0.122. The van der Waals surface area contributed by atoms with Crippen LogP contribution in [-0.4, -0.2) is 28.3 Å². The fourth-order valence-corrected chi connectivity index (χ4v) is 4.46. The molecule has 32 heavy (non-hydrogen) atoms. The number of ether oxygens (including phenoxy) is 2. The standard InChI is InChI=1S/C26H23NO3S2/c1-19-10-12-22(13-11-19)29-14-15-30-23-9-5-8-21(16-23)17-24-25(28)27(26(31)32-24)18-20-6-3-2-4-7-20/h2-13,16-17H,14-15,18H2,1H3. The van der Waals surface area contributed by atoms with Gasteiger partial charge in [-0.05, 0) is 48.4 Å². The van der Waals surface area contributed by atoms with E-state index in [1.54, 1.807) is 4.90 Å². The molecular formula is C26H23NO3S2. The molecule has 0 aromatic heterocycles. The fraction of sp³-hybridized carbons (Fsp3) is 0.154. The van der Waals surface area contributed by atoms with Gasteiger partial charge in [-0.3, -0.25) is 9.69 Å². The van der Waals surface area contributed by atoms with E-state index in [2.05, 4.69) is 0 Å². The molecule has 1 fully saturated rings. The Morgan fingerprint density at radius 2 is 1.62 bits per heavy atom. The van der Waals surface area contributed by atoms with Crippen molar-refractivity contribution < 1.29 is 14.3 Å². The molecule has 1 heterocycles. The Bertz CT molecular complexity index is 1130. The molecule has 0 radical (unpaired) electrons. The first-order valence-corrected chi connectivity index (χ1v) is 11.5. The molecule has 0 aliphatic carbocycles. The van der Waals surface area contributed by atoms with Crippen LogP contribution in [-0.2, 0) is 11.3 Å². The molecule has 0 bridgehead atoms. The average Bonchev–Trinajstić information content (AvgIpc) is 3.06. The third-order valence-electron chi connectivity index (χ3n) is 4.85. The van der Waals surface area contributed by atoms with E-state index in [4.69, 9.17) is 21.7 Å². The molecule has 0 saturated carbocycles. The Morgan fingerprint density at radius 1 is 0.906 bits per heavy atom. The van der Waals surface area contributed by atoms with Crippen molar-refractivity contribution in [2.24, 2.45) is 0 Å². The monoisotopic (exact) mass is 461 g/mol. The van der Waals surface area contributed by atoms with Crippen molar-refractivity contribution in [1.29, 1.82) is 0 Å². The normalized spacial score (nSPS) is 14.8. The van der Waals surface area contributed by atoms with Gasteiger partial charge in [0, 0.05) is 0 Å². The smallest absolute Gasteiger partial charge is 0.266 e. The van der Waals surface area contributed by atoms with Crippen molar-refractivity contribution in [2.45, 2.75) is 13.5 Å². The lowest BCUT2D eigenvalue weighted by atomic mass is 10.2. The first-order valence-electron chi connectivity index (χ1n) is 10.3. The maximum atomic E-state index is 12.9. The SMILES string of the molecule is Cc1ccc(OCCOc2cccc(C=C3SC(=S)N(Cc4ccccc4)C3=O)c2)cc1. The average molecular weight is 462 g/mol. The number of hydrogen-bond donors (Lipinski definition) is 0. The summed E-state index contributed by atoms with van der Waals surface area (Å²) in [5.74, 6) is 1.48. The Morgan fingerprint density at radius 3 is 2.38 bits per heavy atom. The van der Waals surface area contributed by atoms with Crippen LogP contribution in [0.4, 0.5) is 0 Å². The zero-order valence-electron chi connectivity index (χ0n) is 17.7. The maximum Gasteiger partial charge on any atom is 0.266 e. The zero-order valence-corrected chi connectivity index (χ0v) is 19.3. The first-order chi connectivity index (χ1) is 15.6. The van der Waals surface area contributed by atoms with Crippen LogP contribution >= 0.6 is 24.0 Å². The summed E-state index contributed by atoms with van der Waals surface area (Å²) in [5.41, 5.74) is 3.14. The van der Waals surface area contributed by atoms with Crippen LogP contribution in [0, 0.1) is 6.92 Å². The number of thioether (sulfide) groups is 1. The minimum atomic E-state index is -0.0679. The summed E-state index contributed by atoms with van der Waals surface area (Å²) >= 11 is 6.77. The van der Waals surface area contributed by atoms with Crippen molar-refractivity contribution in [3.63, 3.8) is 0 Å². The molecule has 4 rings (SSSR count). The van der Waals surface area contributed by atoms with Gasteiger partial charge in [-0.2, -0.15) is 0 Å². The number of hydrogen-bond acceptors (Lipinski definition) is 5. The summed E-state index contributed by atoms with van der Waals surface area (Å²) in [5, 5.41) is 0. The zero-order chi connectivity index (χ0) is 22.3. The second-order valence-corrected chi connectivity index (χ2v) is 9.01. The summed E-state index contributed by atoms with van der Waals surface area (Å²) in [6, 6.07) is 25.4. The Balaban J connectivity index is 1.35. The van der Waals surface area contributed by atoms with E-state index < -0.39 is 0 Å². The summed E-state index contributed by atoms with van der Waals surface area (Å²) in [6.45, 7) is 3.40. The van der Waals surface area contributed by atoms with Gasteiger partial charge in [0.2, 0.25) is 0 Å². The van der Waals surface area contributed by atoms with Gasteiger partial charge < -0.3 is 9.47 Å². The van der Waals surface area contributed by atoms with E-state index in [1.165, 1.54) is 17.3 Å². The highest BCUT2D eigenvalue weighted by Gasteiger charge is 2.31. The number of thiocarbonyl (C=S) groups is 1. The van der Waals surface area contributed by atoms with Crippen LogP contribution in [0.3, 0.4) is 0 Å². The number of carbonyl (C=O) groups excluding carboxylic acids is 1. The molecule has 3 aromatic carbocycles. The maximum absolute atomic E-state index is 12.9. The van der Waals surface area contributed by atoms with Crippen LogP contribution in [0.1, 0.15) is 16.7 Å². The number of aryl methyl sites for hydroxylation is 1. The molecule has 6 heteroatoms. The van der Waals surface area contributed by atoms with Crippen LogP contribution < -0.4 is 9.47 Å². The van der Waals surface area contributed by atoms with Crippen LogP contribution in [0.15, 0.2) is 83.8 Å². The van der Waals surface area contributed by atoms with Gasteiger partial charge in [0.1, 0.15) is 29.0 Å². The number of rotatable bonds is 8. The second kappa shape index (κ2) is 10.5. The molecule has 1 aliphatic rings. The topological polar surface area (TPSA) is 38.8 Å². The summed E-state index contributed by atoms with van der Waals surface area (Å²) < 4.78 is 12.1. The molecule has 1 saturated heterocycles. The molecule has 1 amide bonds. The Hall–Kier alpha value is -3.09. The highest BCUT2D eigenvalue weighted by Crippen LogP contribution is 2.34. The van der Waals surface area contributed by atoms with Crippen molar-refractivity contribution in [1.82, 2.24) is 4.90 Å². The molecule has 0 unspecified atom stereocenters. The lowest BCUT2D eigenvalue weighted by Crippen LogP contribution is -2.27. The molecule has 1 aliphatic heterocycles. The van der Waals surface area contributed by atoms with Gasteiger partial charge >= 0.3 is 0 Å². The van der Waals surface area contributed by atoms with E-state index in [1.807, 2.05) is 91.9 Å². The number of nitrogens with zero attached hydrogens (tertiary/aromatic N) is 1. The van der Waals surface area contributed by atoms with Crippen LogP contribution in [0.2, 0.25) is 0 Å². The Kier molecular flexibility index (Phi) is 7.24. The molecule has 3 aromatic rings. The fourth-order valence-electron chi connectivity index (χ4n) is 3.20. The number of amides is 1. The molecule has 0 spiro atoms. The number of carbonyl (C=O) groups is 1. The van der Waals surface area contributed by atoms with Gasteiger partial charge in [-0.1, -0.05) is 84.1 Å². The number of benzene rings is 3. The predicted octanol–water partition coefficient (Wildman–Crippen LogP) is 5.85. The third kappa shape index (κ3) is 5.78. The minimum Gasteiger partial charge on any atom is -0.490 e. The van der Waals surface area contributed by atoms with E-state index in [-0.39, 0.29) is 5.91 Å². The van der Waals surface area contributed by atoms with Crippen molar-refractivity contribution >= 4 is 40.3 Å². The minimum absolute atomic E-state index is 0.0679. The molecule has 0 N–H and O–H groups in total. The quantitative estimate of drug-likeness (QED) is 0.239. The third-order valence-corrected chi connectivity index (χ3v) is 6.23. The molecule has 4 nitrogen and oxygen atoms in total. The summed E-state index contributed by atoms with van der Waals surface area (Å²) in [4.78, 5) is 15.1.